The van der Waals surface area contributed by atoms with Gasteiger partial charge in [0.2, 0.25) is 0 Å². The molecule has 146 valence electrons. The maximum absolute atomic E-state index is 10.7. The minimum atomic E-state index is -0.402. The largest absolute Gasteiger partial charge is 0.494 e. The van der Waals surface area contributed by atoms with Gasteiger partial charge in [-0.3, -0.25) is 15.1 Å². The van der Waals surface area contributed by atoms with Crippen LogP contribution in [0.5, 0.6) is 5.75 Å². The number of ether oxygens (including phenoxy) is 1. The zero-order valence-electron chi connectivity index (χ0n) is 15.7. The van der Waals surface area contributed by atoms with Gasteiger partial charge in [0, 0.05) is 39.3 Å². The normalized spacial score (nSPS) is 10.7. The summed E-state index contributed by atoms with van der Waals surface area (Å²) in [5.41, 5.74) is 2.19. The molecule has 0 aliphatic rings. The van der Waals surface area contributed by atoms with Gasteiger partial charge in [0.15, 0.2) is 5.96 Å². The molecule has 0 aromatic heterocycles. The van der Waals surface area contributed by atoms with Gasteiger partial charge in [-0.05, 0) is 30.2 Å². The average Bonchev–Trinajstić information content (AvgIpc) is 2.64. The van der Waals surface area contributed by atoms with Crippen molar-refractivity contribution in [2.24, 2.45) is 4.99 Å². The highest BCUT2D eigenvalue weighted by molar-refractivity contribution is 14.0. The first kappa shape index (κ1) is 22.7. The molecule has 0 spiro atoms. The number of nitro benzene ring substituents is 1. The fourth-order valence-corrected chi connectivity index (χ4v) is 2.51. The Labute approximate surface area is 176 Å². The molecule has 0 bridgehead atoms. The third-order valence-corrected chi connectivity index (χ3v) is 3.83. The highest BCUT2D eigenvalue weighted by atomic mass is 127. The lowest BCUT2D eigenvalue weighted by Gasteiger charge is -2.22. The summed E-state index contributed by atoms with van der Waals surface area (Å²) in [4.78, 5) is 16.6. The monoisotopic (exact) mass is 484 g/mol. The molecule has 0 unspecified atom stereocenters. The molecule has 0 amide bonds. The molecular formula is C19H25IN4O3. The molecule has 27 heavy (non-hydrogen) atoms. The fraction of sp³-hybridized carbons (Fsp3) is 0.316. The zero-order chi connectivity index (χ0) is 18.9. The van der Waals surface area contributed by atoms with Crippen molar-refractivity contribution < 1.29 is 9.66 Å². The van der Waals surface area contributed by atoms with E-state index in [0.717, 1.165) is 22.8 Å². The highest BCUT2D eigenvalue weighted by Gasteiger charge is 2.08. The van der Waals surface area contributed by atoms with Crippen molar-refractivity contribution in [3.05, 3.63) is 69.8 Å². The molecule has 2 rings (SSSR count). The van der Waals surface area contributed by atoms with Crippen LogP contribution in [0.2, 0.25) is 0 Å². The fourth-order valence-electron chi connectivity index (χ4n) is 2.51. The van der Waals surface area contributed by atoms with Crippen LogP contribution in [0.15, 0.2) is 53.5 Å². The Bertz CT molecular complexity index is 749. The summed E-state index contributed by atoms with van der Waals surface area (Å²) in [7, 11) is 3.69. The van der Waals surface area contributed by atoms with E-state index in [1.807, 2.05) is 43.1 Å². The molecule has 0 aliphatic carbocycles. The van der Waals surface area contributed by atoms with Gasteiger partial charge >= 0.3 is 0 Å². The first-order valence-electron chi connectivity index (χ1n) is 8.40. The molecule has 1 N–H and O–H groups in total. The molecule has 0 radical (unpaired) electrons. The van der Waals surface area contributed by atoms with Crippen LogP contribution < -0.4 is 10.1 Å². The molecular weight excluding hydrogens is 459 g/mol. The van der Waals surface area contributed by atoms with E-state index in [1.165, 1.54) is 12.1 Å². The molecule has 0 fully saturated rings. The Hall–Kier alpha value is -2.36. The Kier molecular flexibility index (Phi) is 9.55. The molecule has 0 heterocycles. The zero-order valence-corrected chi connectivity index (χ0v) is 18.0. The summed E-state index contributed by atoms with van der Waals surface area (Å²) in [5.74, 6) is 1.61. The molecule has 2 aromatic carbocycles. The molecule has 2 aromatic rings. The van der Waals surface area contributed by atoms with E-state index in [4.69, 9.17) is 4.74 Å². The van der Waals surface area contributed by atoms with Gasteiger partial charge in [-0.1, -0.05) is 24.3 Å². The summed E-state index contributed by atoms with van der Waals surface area (Å²) in [5, 5.41) is 14.0. The van der Waals surface area contributed by atoms with E-state index in [2.05, 4.69) is 10.3 Å². The van der Waals surface area contributed by atoms with Crippen molar-refractivity contribution in [1.29, 1.82) is 0 Å². The van der Waals surface area contributed by atoms with Gasteiger partial charge < -0.3 is 15.0 Å². The van der Waals surface area contributed by atoms with Crippen LogP contribution in [-0.4, -0.2) is 36.5 Å². The van der Waals surface area contributed by atoms with E-state index in [-0.39, 0.29) is 29.7 Å². The van der Waals surface area contributed by atoms with Crippen LogP contribution in [0, 0.1) is 10.1 Å². The van der Waals surface area contributed by atoms with Crippen molar-refractivity contribution in [1.82, 2.24) is 10.2 Å². The summed E-state index contributed by atoms with van der Waals surface area (Å²) in [6, 6.07) is 14.5. The van der Waals surface area contributed by atoms with Crippen LogP contribution in [0.4, 0.5) is 5.69 Å². The predicted octanol–water partition coefficient (Wildman–Crippen LogP) is 3.82. The number of hydrogen-bond acceptors (Lipinski definition) is 4. The van der Waals surface area contributed by atoms with Crippen molar-refractivity contribution in [3.8, 4) is 5.75 Å². The summed E-state index contributed by atoms with van der Waals surface area (Å²) in [6.45, 7) is 3.85. The topological polar surface area (TPSA) is 80.0 Å². The number of nitrogens with zero attached hydrogens (tertiary/aromatic N) is 3. The number of non-ortho nitro benzene ring substituents is 1. The number of guanidine groups is 1. The summed E-state index contributed by atoms with van der Waals surface area (Å²) < 4.78 is 5.45. The lowest BCUT2D eigenvalue weighted by molar-refractivity contribution is -0.384. The molecule has 0 saturated heterocycles. The van der Waals surface area contributed by atoms with E-state index in [1.54, 1.807) is 19.2 Å². The van der Waals surface area contributed by atoms with E-state index in [0.29, 0.717) is 19.7 Å². The van der Waals surface area contributed by atoms with Gasteiger partial charge in [0.05, 0.1) is 11.5 Å². The molecule has 0 atom stereocenters. The van der Waals surface area contributed by atoms with E-state index >= 15 is 0 Å². The number of aliphatic imine (C=N–C) groups is 1. The van der Waals surface area contributed by atoms with Gasteiger partial charge in [0.1, 0.15) is 5.75 Å². The van der Waals surface area contributed by atoms with Crippen molar-refractivity contribution in [2.75, 3.05) is 20.7 Å². The SMILES string of the molecule is CCOc1ccc(CN(C)C(=NC)NCc2ccc([N+](=O)[O-])cc2)cc1.I. The lowest BCUT2D eigenvalue weighted by Crippen LogP contribution is -2.38. The van der Waals surface area contributed by atoms with Crippen LogP contribution >= 0.6 is 24.0 Å². The molecule has 7 nitrogen and oxygen atoms in total. The second-order valence-electron chi connectivity index (χ2n) is 5.76. The standard InChI is InChI=1S/C19H24N4O3.HI/c1-4-26-18-11-7-16(8-12-18)14-22(3)19(20-2)21-13-15-5-9-17(10-6-15)23(24)25;/h5-12H,4,13-14H2,1-3H3,(H,20,21);1H. The number of hydrogen-bond donors (Lipinski definition) is 1. The third kappa shape index (κ3) is 7.05. The van der Waals surface area contributed by atoms with Gasteiger partial charge in [-0.2, -0.15) is 0 Å². The quantitative estimate of drug-likeness (QED) is 0.213. The van der Waals surface area contributed by atoms with Crippen LogP contribution in [0.3, 0.4) is 0 Å². The number of nitrogens with one attached hydrogen (secondary N) is 1. The molecule has 8 heteroatoms. The van der Waals surface area contributed by atoms with Crippen LogP contribution in [-0.2, 0) is 13.1 Å². The Morgan fingerprint density at radius 1 is 1.15 bits per heavy atom. The maximum atomic E-state index is 10.7. The smallest absolute Gasteiger partial charge is 0.269 e. The first-order valence-corrected chi connectivity index (χ1v) is 8.40. The van der Waals surface area contributed by atoms with Crippen molar-refractivity contribution >= 4 is 35.6 Å². The van der Waals surface area contributed by atoms with Gasteiger partial charge in [0.25, 0.3) is 5.69 Å². The van der Waals surface area contributed by atoms with E-state index < -0.39 is 4.92 Å². The maximum Gasteiger partial charge on any atom is 0.269 e. The third-order valence-electron chi connectivity index (χ3n) is 3.83. The number of rotatable bonds is 7. The predicted molar refractivity (Wildman–Crippen MR) is 118 cm³/mol. The van der Waals surface area contributed by atoms with Gasteiger partial charge in [-0.15, -0.1) is 24.0 Å². The Morgan fingerprint density at radius 2 is 1.74 bits per heavy atom. The first-order chi connectivity index (χ1) is 12.5. The number of halogens is 1. The average molecular weight is 484 g/mol. The van der Waals surface area contributed by atoms with Crippen molar-refractivity contribution in [3.63, 3.8) is 0 Å². The number of nitro groups is 1. The molecule has 0 saturated carbocycles. The summed E-state index contributed by atoms with van der Waals surface area (Å²) in [6.07, 6.45) is 0. The minimum absolute atomic E-state index is 0. The highest BCUT2D eigenvalue weighted by Crippen LogP contribution is 2.14. The Balaban J connectivity index is 0.00000364. The Morgan fingerprint density at radius 3 is 2.26 bits per heavy atom. The van der Waals surface area contributed by atoms with E-state index in [9.17, 15) is 10.1 Å². The molecule has 0 aliphatic heterocycles. The van der Waals surface area contributed by atoms with Crippen LogP contribution in [0.1, 0.15) is 18.1 Å². The van der Waals surface area contributed by atoms with Crippen molar-refractivity contribution in [2.45, 2.75) is 20.0 Å². The second kappa shape index (κ2) is 11.4. The lowest BCUT2D eigenvalue weighted by atomic mass is 10.2. The second-order valence-corrected chi connectivity index (χ2v) is 5.76. The summed E-state index contributed by atoms with van der Waals surface area (Å²) >= 11 is 0. The van der Waals surface area contributed by atoms with Gasteiger partial charge in [-0.25, -0.2) is 0 Å². The minimum Gasteiger partial charge on any atom is -0.494 e. The van der Waals surface area contributed by atoms with Crippen LogP contribution in [0.25, 0.3) is 0 Å². The number of benzene rings is 2.